The molecule has 94 valence electrons. The van der Waals surface area contributed by atoms with Crippen LogP contribution in [-0.4, -0.2) is 19.7 Å². The second-order valence-electron chi connectivity index (χ2n) is 4.57. The largest absolute Gasteiger partial charge is 0.492 e. The van der Waals surface area contributed by atoms with Crippen molar-refractivity contribution in [3.63, 3.8) is 0 Å². The lowest BCUT2D eigenvalue weighted by Gasteiger charge is -2.22. The first-order chi connectivity index (χ1) is 7.86. The normalized spacial score (nSPS) is 11.1. The maximum Gasteiger partial charge on any atom is 0.314 e. The van der Waals surface area contributed by atoms with Crippen molar-refractivity contribution in [2.24, 2.45) is 5.41 Å². The lowest BCUT2D eigenvalue weighted by molar-refractivity contribution is -0.152. The number of hydrogen-bond donors (Lipinski definition) is 0. The monoisotopic (exact) mass is 256 g/mol. The van der Waals surface area contributed by atoms with Crippen LogP contribution in [0.15, 0.2) is 18.2 Å². The molecule has 0 saturated heterocycles. The van der Waals surface area contributed by atoms with E-state index in [0.717, 1.165) is 11.3 Å². The maximum atomic E-state index is 11.5. The molecule has 0 saturated carbocycles. The van der Waals surface area contributed by atoms with Crippen molar-refractivity contribution in [3.8, 4) is 5.75 Å². The second-order valence-corrected chi connectivity index (χ2v) is 5.01. The van der Waals surface area contributed by atoms with Gasteiger partial charge >= 0.3 is 5.97 Å². The highest BCUT2D eigenvalue weighted by Crippen LogP contribution is 2.25. The van der Waals surface area contributed by atoms with Gasteiger partial charge in [0.1, 0.15) is 12.4 Å². The Labute approximate surface area is 107 Å². The van der Waals surface area contributed by atoms with E-state index in [2.05, 4.69) is 0 Å². The predicted octanol–water partition coefficient (Wildman–Crippen LogP) is 3.23. The molecular formula is C13H17ClO3. The average molecular weight is 257 g/mol. The highest BCUT2D eigenvalue weighted by atomic mass is 35.5. The number of benzene rings is 1. The van der Waals surface area contributed by atoms with E-state index in [-0.39, 0.29) is 12.6 Å². The molecule has 1 aromatic carbocycles. The maximum absolute atomic E-state index is 11.5. The van der Waals surface area contributed by atoms with E-state index >= 15 is 0 Å². The molecule has 0 bridgehead atoms. The van der Waals surface area contributed by atoms with E-state index in [0.29, 0.717) is 5.02 Å². The molecular weight excluding hydrogens is 240 g/mol. The number of halogens is 1. The van der Waals surface area contributed by atoms with Crippen molar-refractivity contribution in [3.05, 3.63) is 28.8 Å². The van der Waals surface area contributed by atoms with Crippen molar-refractivity contribution in [1.82, 2.24) is 0 Å². The Hall–Kier alpha value is -1.22. The van der Waals surface area contributed by atoms with Gasteiger partial charge in [-0.2, -0.15) is 0 Å². The molecule has 0 aliphatic rings. The van der Waals surface area contributed by atoms with E-state index in [9.17, 15) is 4.79 Å². The summed E-state index contributed by atoms with van der Waals surface area (Å²) in [6.45, 7) is 5.74. The molecule has 3 nitrogen and oxygen atoms in total. The van der Waals surface area contributed by atoms with Crippen LogP contribution in [0.4, 0.5) is 0 Å². The van der Waals surface area contributed by atoms with Crippen LogP contribution in [0.5, 0.6) is 5.75 Å². The summed E-state index contributed by atoms with van der Waals surface area (Å²) in [5, 5.41) is 0.669. The molecule has 0 amide bonds. The fraction of sp³-hybridized carbons (Fsp3) is 0.462. The van der Waals surface area contributed by atoms with Crippen LogP contribution in [0.1, 0.15) is 19.4 Å². The van der Waals surface area contributed by atoms with Gasteiger partial charge in [0.15, 0.2) is 0 Å². The van der Waals surface area contributed by atoms with Gasteiger partial charge in [-0.1, -0.05) is 11.6 Å². The van der Waals surface area contributed by atoms with Crippen LogP contribution in [0.2, 0.25) is 5.02 Å². The minimum atomic E-state index is -0.666. The van der Waals surface area contributed by atoms with Crippen molar-refractivity contribution in [1.29, 1.82) is 0 Å². The highest BCUT2D eigenvalue weighted by molar-refractivity contribution is 6.30. The molecule has 0 aliphatic heterocycles. The molecule has 17 heavy (non-hydrogen) atoms. The molecule has 0 fully saturated rings. The zero-order valence-corrected chi connectivity index (χ0v) is 11.3. The van der Waals surface area contributed by atoms with Crippen LogP contribution in [0, 0.1) is 12.3 Å². The van der Waals surface area contributed by atoms with E-state index in [4.69, 9.17) is 21.1 Å². The highest BCUT2D eigenvalue weighted by Gasteiger charge is 2.29. The van der Waals surface area contributed by atoms with Gasteiger partial charge in [-0.3, -0.25) is 4.79 Å². The van der Waals surface area contributed by atoms with Gasteiger partial charge in [-0.05, 0) is 44.5 Å². The summed E-state index contributed by atoms with van der Waals surface area (Å²) in [5.74, 6) is 0.440. The first kappa shape index (κ1) is 13.8. The summed E-state index contributed by atoms with van der Waals surface area (Å²) in [5.41, 5.74) is 0.277. The van der Waals surface area contributed by atoms with Crippen molar-refractivity contribution in [2.45, 2.75) is 20.8 Å². The van der Waals surface area contributed by atoms with Crippen molar-refractivity contribution in [2.75, 3.05) is 13.7 Å². The number of carbonyl (C=O) groups excluding carboxylic acids is 1. The van der Waals surface area contributed by atoms with Gasteiger partial charge in [0.2, 0.25) is 0 Å². The quantitative estimate of drug-likeness (QED) is 0.776. The van der Waals surface area contributed by atoms with Crippen LogP contribution < -0.4 is 4.74 Å². The molecule has 4 heteroatoms. The molecule has 0 aromatic heterocycles. The Morgan fingerprint density at radius 2 is 2.06 bits per heavy atom. The SMILES string of the molecule is COC(=O)C(C)(C)COc1ccc(Cl)cc1C. The lowest BCUT2D eigenvalue weighted by atomic mass is 9.95. The Balaban J connectivity index is 2.70. The molecule has 0 aliphatic carbocycles. The number of methoxy groups -OCH3 is 1. The third-order valence-electron chi connectivity index (χ3n) is 2.46. The van der Waals surface area contributed by atoms with E-state index in [1.54, 1.807) is 26.0 Å². The molecule has 0 spiro atoms. The fourth-order valence-corrected chi connectivity index (χ4v) is 1.59. The van der Waals surface area contributed by atoms with Crippen molar-refractivity contribution >= 4 is 17.6 Å². The third-order valence-corrected chi connectivity index (χ3v) is 2.70. The van der Waals surface area contributed by atoms with E-state index in [1.807, 2.05) is 13.0 Å². The van der Waals surface area contributed by atoms with Gasteiger partial charge in [-0.15, -0.1) is 0 Å². The number of rotatable bonds is 4. The fourth-order valence-electron chi connectivity index (χ4n) is 1.37. The summed E-state index contributed by atoms with van der Waals surface area (Å²) in [4.78, 5) is 11.5. The first-order valence-corrected chi connectivity index (χ1v) is 5.72. The average Bonchev–Trinajstić information content (AvgIpc) is 2.26. The number of carbonyl (C=O) groups is 1. The zero-order valence-electron chi connectivity index (χ0n) is 10.5. The molecule has 0 unspecified atom stereocenters. The zero-order chi connectivity index (χ0) is 13.1. The molecule has 0 N–H and O–H groups in total. The minimum absolute atomic E-state index is 0.266. The van der Waals surface area contributed by atoms with E-state index in [1.165, 1.54) is 7.11 Å². The lowest BCUT2D eigenvalue weighted by Crippen LogP contribution is -2.32. The summed E-state index contributed by atoms with van der Waals surface area (Å²) in [6, 6.07) is 5.38. The van der Waals surface area contributed by atoms with Crippen molar-refractivity contribution < 1.29 is 14.3 Å². The topological polar surface area (TPSA) is 35.5 Å². The van der Waals surface area contributed by atoms with Crippen LogP contribution in [-0.2, 0) is 9.53 Å². The number of hydrogen-bond acceptors (Lipinski definition) is 3. The summed E-state index contributed by atoms with van der Waals surface area (Å²) in [7, 11) is 1.37. The number of aryl methyl sites for hydroxylation is 1. The smallest absolute Gasteiger partial charge is 0.314 e. The van der Waals surface area contributed by atoms with Crippen LogP contribution in [0.3, 0.4) is 0 Å². The Morgan fingerprint density at radius 3 is 2.59 bits per heavy atom. The molecule has 1 rings (SSSR count). The summed E-state index contributed by atoms with van der Waals surface area (Å²) in [6.07, 6.45) is 0. The van der Waals surface area contributed by atoms with Gasteiger partial charge in [0, 0.05) is 5.02 Å². The summed E-state index contributed by atoms with van der Waals surface area (Å²) >= 11 is 5.85. The van der Waals surface area contributed by atoms with Gasteiger partial charge in [-0.25, -0.2) is 0 Å². The third kappa shape index (κ3) is 3.63. The minimum Gasteiger partial charge on any atom is -0.492 e. The number of ether oxygens (including phenoxy) is 2. The Morgan fingerprint density at radius 1 is 1.41 bits per heavy atom. The molecule has 1 aromatic rings. The molecule has 0 heterocycles. The van der Waals surface area contributed by atoms with Gasteiger partial charge in [0.25, 0.3) is 0 Å². The van der Waals surface area contributed by atoms with Gasteiger partial charge < -0.3 is 9.47 Å². The van der Waals surface area contributed by atoms with Crippen LogP contribution in [0.25, 0.3) is 0 Å². The van der Waals surface area contributed by atoms with Gasteiger partial charge in [0.05, 0.1) is 12.5 Å². The molecule has 0 radical (unpaired) electrons. The van der Waals surface area contributed by atoms with E-state index < -0.39 is 5.41 Å². The summed E-state index contributed by atoms with van der Waals surface area (Å²) < 4.78 is 10.3. The molecule has 0 atom stereocenters. The second kappa shape index (κ2) is 5.41. The Kier molecular flexibility index (Phi) is 4.40. The number of esters is 1. The predicted molar refractivity (Wildman–Crippen MR) is 67.5 cm³/mol. The Bertz CT molecular complexity index is 413. The standard InChI is InChI=1S/C13H17ClO3/c1-9-7-10(14)5-6-11(9)17-8-13(2,3)12(15)16-4/h5-7H,8H2,1-4H3. The first-order valence-electron chi connectivity index (χ1n) is 5.34. The van der Waals surface area contributed by atoms with Crippen LogP contribution >= 0.6 is 11.6 Å².